The van der Waals surface area contributed by atoms with Crippen LogP contribution in [0.1, 0.15) is 35.7 Å². The number of benzene rings is 2. The molecule has 0 unspecified atom stereocenters. The zero-order chi connectivity index (χ0) is 20.9. The van der Waals surface area contributed by atoms with Crippen molar-refractivity contribution in [1.29, 1.82) is 0 Å². The highest BCUT2D eigenvalue weighted by atomic mass is 16.5. The van der Waals surface area contributed by atoms with Crippen LogP contribution in [-0.4, -0.2) is 50.3 Å². The Bertz CT molecular complexity index is 1010. The largest absolute Gasteiger partial charge is 0.370 e. The number of pyridine rings is 1. The van der Waals surface area contributed by atoms with Crippen molar-refractivity contribution >= 4 is 16.8 Å². The van der Waals surface area contributed by atoms with Crippen LogP contribution in [0, 0.1) is 0 Å². The van der Waals surface area contributed by atoms with E-state index in [9.17, 15) is 4.79 Å². The fraction of sp³-hybridized carbons (Fsp3) is 0.360. The van der Waals surface area contributed by atoms with Crippen LogP contribution >= 0.6 is 0 Å². The van der Waals surface area contributed by atoms with Crippen molar-refractivity contribution in [3.05, 3.63) is 65.7 Å². The second kappa shape index (κ2) is 9.37. The predicted molar refractivity (Wildman–Crippen MR) is 120 cm³/mol. The number of quaternary nitrogens is 1. The lowest BCUT2D eigenvalue weighted by molar-refractivity contribution is -0.906. The van der Waals surface area contributed by atoms with Crippen molar-refractivity contribution in [2.24, 2.45) is 0 Å². The first kappa shape index (κ1) is 20.5. The molecule has 1 amide bonds. The van der Waals surface area contributed by atoms with E-state index in [1.165, 1.54) is 10.5 Å². The van der Waals surface area contributed by atoms with E-state index in [0.29, 0.717) is 18.0 Å². The SMILES string of the molecule is CC(C)c1ccc(-c2cc(C(=O)NCC[NH+]3CCOCC3)c3ccccc3n2)cc1. The first-order valence-corrected chi connectivity index (χ1v) is 10.8. The van der Waals surface area contributed by atoms with E-state index in [-0.39, 0.29) is 5.91 Å². The van der Waals surface area contributed by atoms with Gasteiger partial charge >= 0.3 is 0 Å². The van der Waals surface area contributed by atoms with Gasteiger partial charge in [-0.05, 0) is 23.6 Å². The van der Waals surface area contributed by atoms with Crippen molar-refractivity contribution in [3.63, 3.8) is 0 Å². The molecule has 1 aromatic heterocycles. The Balaban J connectivity index is 1.57. The Morgan fingerprint density at radius 1 is 1.10 bits per heavy atom. The molecule has 1 aliphatic rings. The average molecular weight is 405 g/mol. The van der Waals surface area contributed by atoms with E-state index in [0.717, 1.165) is 55.0 Å². The first-order valence-electron chi connectivity index (χ1n) is 10.8. The number of hydrogen-bond donors (Lipinski definition) is 2. The molecule has 0 saturated carbocycles. The minimum atomic E-state index is -0.0405. The Morgan fingerprint density at radius 3 is 2.57 bits per heavy atom. The summed E-state index contributed by atoms with van der Waals surface area (Å²) in [4.78, 5) is 19.4. The molecule has 30 heavy (non-hydrogen) atoms. The molecule has 5 heteroatoms. The minimum Gasteiger partial charge on any atom is -0.370 e. The first-order chi connectivity index (χ1) is 14.6. The third-order valence-corrected chi connectivity index (χ3v) is 5.80. The summed E-state index contributed by atoms with van der Waals surface area (Å²) in [6.45, 7) is 9.56. The predicted octanol–water partition coefficient (Wildman–Crippen LogP) is 2.67. The normalized spacial score (nSPS) is 14.9. The lowest BCUT2D eigenvalue weighted by Crippen LogP contribution is -3.14. The second-order valence-corrected chi connectivity index (χ2v) is 8.22. The molecule has 2 N–H and O–H groups in total. The number of amides is 1. The maximum absolute atomic E-state index is 13.1. The van der Waals surface area contributed by atoms with E-state index in [2.05, 4.69) is 43.4 Å². The number of rotatable bonds is 6. The number of nitrogens with zero attached hydrogens (tertiary/aromatic N) is 1. The van der Waals surface area contributed by atoms with Gasteiger partial charge in [0, 0.05) is 10.9 Å². The maximum atomic E-state index is 13.1. The molecule has 0 spiro atoms. The van der Waals surface area contributed by atoms with E-state index < -0.39 is 0 Å². The molecular weight excluding hydrogens is 374 g/mol. The highest BCUT2D eigenvalue weighted by Crippen LogP contribution is 2.26. The third kappa shape index (κ3) is 4.69. The van der Waals surface area contributed by atoms with Gasteiger partial charge in [-0.15, -0.1) is 0 Å². The van der Waals surface area contributed by atoms with Gasteiger partial charge in [-0.2, -0.15) is 0 Å². The number of para-hydroxylation sites is 1. The topological polar surface area (TPSA) is 55.7 Å². The van der Waals surface area contributed by atoms with Gasteiger partial charge in [0.15, 0.2) is 0 Å². The van der Waals surface area contributed by atoms with Crippen LogP contribution in [0.5, 0.6) is 0 Å². The van der Waals surface area contributed by atoms with E-state index >= 15 is 0 Å². The van der Waals surface area contributed by atoms with Crippen molar-refractivity contribution in [3.8, 4) is 11.3 Å². The molecule has 0 atom stereocenters. The Morgan fingerprint density at radius 2 is 1.83 bits per heavy atom. The standard InChI is InChI=1S/C25H29N3O2/c1-18(2)19-7-9-20(10-8-19)24-17-22(21-5-3-4-6-23(21)27-24)25(29)26-11-12-28-13-15-30-16-14-28/h3-10,17-18H,11-16H2,1-2H3,(H,26,29)/p+1. The fourth-order valence-corrected chi connectivity index (χ4v) is 3.91. The molecule has 5 nitrogen and oxygen atoms in total. The summed E-state index contributed by atoms with van der Waals surface area (Å²) in [7, 11) is 0. The third-order valence-electron chi connectivity index (χ3n) is 5.80. The van der Waals surface area contributed by atoms with Crippen molar-refractivity contribution in [1.82, 2.24) is 10.3 Å². The van der Waals surface area contributed by atoms with Gasteiger partial charge < -0.3 is 15.0 Å². The molecule has 1 aliphatic heterocycles. The van der Waals surface area contributed by atoms with E-state index in [1.807, 2.05) is 30.3 Å². The van der Waals surface area contributed by atoms with Gasteiger partial charge in [0.2, 0.25) is 0 Å². The van der Waals surface area contributed by atoms with Gasteiger partial charge in [-0.1, -0.05) is 56.3 Å². The molecule has 0 radical (unpaired) electrons. The van der Waals surface area contributed by atoms with Crippen LogP contribution in [0.15, 0.2) is 54.6 Å². The number of morpholine rings is 1. The number of carbonyl (C=O) groups is 1. The van der Waals surface area contributed by atoms with Crippen LogP contribution in [0.3, 0.4) is 0 Å². The maximum Gasteiger partial charge on any atom is 0.252 e. The number of fused-ring (bicyclic) bond motifs is 1. The highest BCUT2D eigenvalue weighted by molar-refractivity contribution is 6.07. The van der Waals surface area contributed by atoms with E-state index in [4.69, 9.17) is 9.72 Å². The summed E-state index contributed by atoms with van der Waals surface area (Å²) in [6, 6.07) is 18.2. The number of nitrogens with one attached hydrogen (secondary N) is 2. The molecule has 0 aliphatic carbocycles. The Kier molecular flexibility index (Phi) is 6.41. The molecule has 0 bridgehead atoms. The summed E-state index contributed by atoms with van der Waals surface area (Å²) in [5.74, 6) is 0.444. The molecule has 1 fully saturated rings. The number of ether oxygens (including phenoxy) is 1. The number of hydrogen-bond acceptors (Lipinski definition) is 3. The number of carbonyl (C=O) groups excluding carboxylic acids is 1. The molecule has 156 valence electrons. The lowest BCUT2D eigenvalue weighted by atomic mass is 9.99. The van der Waals surface area contributed by atoms with Crippen LogP contribution in [0.2, 0.25) is 0 Å². The van der Waals surface area contributed by atoms with Gasteiger partial charge in [0.05, 0.1) is 43.1 Å². The van der Waals surface area contributed by atoms with Crippen molar-refractivity contribution in [2.45, 2.75) is 19.8 Å². The van der Waals surface area contributed by atoms with Gasteiger partial charge in [0.25, 0.3) is 5.91 Å². The van der Waals surface area contributed by atoms with Crippen molar-refractivity contribution < 1.29 is 14.4 Å². The summed E-state index contributed by atoms with van der Waals surface area (Å²) in [5, 5.41) is 4.00. The molecular formula is C25H30N3O2+. The quantitative estimate of drug-likeness (QED) is 0.664. The Hall–Kier alpha value is -2.76. The Labute approximate surface area is 178 Å². The molecule has 2 aromatic carbocycles. The summed E-state index contributed by atoms with van der Waals surface area (Å²) < 4.78 is 5.41. The smallest absolute Gasteiger partial charge is 0.252 e. The highest BCUT2D eigenvalue weighted by Gasteiger charge is 2.16. The minimum absolute atomic E-state index is 0.0405. The monoisotopic (exact) mass is 404 g/mol. The van der Waals surface area contributed by atoms with E-state index in [1.54, 1.807) is 0 Å². The van der Waals surface area contributed by atoms with Crippen LogP contribution in [-0.2, 0) is 4.74 Å². The molecule has 4 rings (SSSR count). The van der Waals surface area contributed by atoms with Crippen LogP contribution in [0.25, 0.3) is 22.2 Å². The van der Waals surface area contributed by atoms with Gasteiger partial charge in [-0.25, -0.2) is 4.98 Å². The summed E-state index contributed by atoms with van der Waals surface area (Å²) >= 11 is 0. The zero-order valence-corrected chi connectivity index (χ0v) is 17.8. The molecule has 2 heterocycles. The van der Waals surface area contributed by atoms with Crippen molar-refractivity contribution in [2.75, 3.05) is 39.4 Å². The molecule has 3 aromatic rings. The number of aromatic nitrogens is 1. The second-order valence-electron chi connectivity index (χ2n) is 8.22. The summed E-state index contributed by atoms with van der Waals surface area (Å²) in [6.07, 6.45) is 0. The zero-order valence-electron chi connectivity index (χ0n) is 17.8. The van der Waals surface area contributed by atoms with Gasteiger partial charge in [-0.3, -0.25) is 4.79 Å². The van der Waals surface area contributed by atoms with Crippen LogP contribution < -0.4 is 10.2 Å². The average Bonchev–Trinajstić information content (AvgIpc) is 2.79. The molecule has 1 saturated heterocycles. The van der Waals surface area contributed by atoms with Crippen LogP contribution in [0.4, 0.5) is 0 Å². The fourth-order valence-electron chi connectivity index (χ4n) is 3.91. The summed E-state index contributed by atoms with van der Waals surface area (Å²) in [5.41, 5.74) is 4.67. The lowest BCUT2D eigenvalue weighted by Gasteiger charge is -2.23. The van der Waals surface area contributed by atoms with Gasteiger partial charge in [0.1, 0.15) is 13.1 Å².